The van der Waals surface area contributed by atoms with E-state index < -0.39 is 0 Å². The van der Waals surface area contributed by atoms with Crippen LogP contribution in [0.3, 0.4) is 0 Å². The third kappa shape index (κ3) is 3.90. The van der Waals surface area contributed by atoms with Gasteiger partial charge >= 0.3 is 0 Å². The van der Waals surface area contributed by atoms with Gasteiger partial charge in [0.05, 0.1) is 29.1 Å². The third-order valence-corrected chi connectivity index (χ3v) is 5.15. The van der Waals surface area contributed by atoms with Crippen molar-refractivity contribution in [3.8, 4) is 11.5 Å². The average Bonchev–Trinajstić information content (AvgIpc) is 3.18. The first-order chi connectivity index (χ1) is 14.0. The quantitative estimate of drug-likeness (QED) is 0.290. The van der Waals surface area contributed by atoms with Gasteiger partial charge in [0, 0.05) is 11.6 Å². The Bertz CT molecular complexity index is 1170. The van der Waals surface area contributed by atoms with E-state index in [0.717, 1.165) is 22.3 Å². The number of rotatable bonds is 5. The zero-order valence-electron chi connectivity index (χ0n) is 15.6. The van der Waals surface area contributed by atoms with E-state index in [1.165, 1.54) is 6.07 Å². The molecule has 4 rings (SSSR count). The number of imidazole rings is 1. The number of nitrogens with zero attached hydrogens (tertiary/aromatic N) is 1. The minimum atomic E-state index is -0.301. The molecule has 1 heterocycles. The molecule has 1 aromatic heterocycles. The average molecular weight is 405 g/mol. The van der Waals surface area contributed by atoms with Crippen molar-refractivity contribution >= 4 is 35.3 Å². The Labute approximate surface area is 173 Å². The number of H-pyrrole nitrogens is 1. The molecule has 146 valence electrons. The first-order valence-corrected chi connectivity index (χ1v) is 9.48. The van der Waals surface area contributed by atoms with Gasteiger partial charge in [-0.3, -0.25) is 4.79 Å². The first-order valence-electron chi connectivity index (χ1n) is 8.96. The molecule has 0 bridgehead atoms. The van der Waals surface area contributed by atoms with Gasteiger partial charge in [-0.25, -0.2) is 4.98 Å². The highest BCUT2D eigenvalue weighted by Gasteiger charge is 2.16. The second-order valence-corrected chi connectivity index (χ2v) is 7.02. The zero-order chi connectivity index (χ0) is 20.4. The Morgan fingerprint density at radius 2 is 1.90 bits per heavy atom. The van der Waals surface area contributed by atoms with Crippen LogP contribution in [-0.4, -0.2) is 28.1 Å². The van der Waals surface area contributed by atoms with Crippen molar-refractivity contribution in [2.24, 2.45) is 0 Å². The number of phenolic OH excluding ortho intramolecular Hbond substituents is 1. The number of hydrogen-bond donors (Lipinski definition) is 4. The summed E-state index contributed by atoms with van der Waals surface area (Å²) in [7, 11) is 1.62. The molecule has 0 saturated carbocycles. The Balaban J connectivity index is 1.52. The molecule has 1 unspecified atom stereocenters. The molecule has 0 fully saturated rings. The fourth-order valence-corrected chi connectivity index (χ4v) is 3.31. The van der Waals surface area contributed by atoms with Gasteiger partial charge in [0.1, 0.15) is 17.3 Å². The lowest BCUT2D eigenvalue weighted by Gasteiger charge is -2.10. The summed E-state index contributed by atoms with van der Waals surface area (Å²) in [5.41, 5.74) is 3.45. The lowest BCUT2D eigenvalue weighted by molar-refractivity contribution is 0.102. The Morgan fingerprint density at radius 3 is 2.62 bits per heavy atom. The van der Waals surface area contributed by atoms with Crippen LogP contribution in [0.2, 0.25) is 0 Å². The molecule has 3 aromatic carbocycles. The van der Waals surface area contributed by atoms with E-state index in [0.29, 0.717) is 17.1 Å². The molecule has 0 aliphatic carbocycles. The number of hydrogen-bond acceptors (Lipinski definition) is 5. The number of phenols is 1. The molecule has 1 atom stereocenters. The second-order valence-electron chi connectivity index (χ2n) is 6.50. The van der Waals surface area contributed by atoms with E-state index in [1.807, 2.05) is 30.3 Å². The molecule has 0 saturated heterocycles. The van der Waals surface area contributed by atoms with Gasteiger partial charge < -0.3 is 20.1 Å². The van der Waals surface area contributed by atoms with Gasteiger partial charge in [0.2, 0.25) is 0 Å². The smallest absolute Gasteiger partial charge is 0.255 e. The number of nitrogens with one attached hydrogen (secondary N) is 2. The maximum absolute atomic E-state index is 12.4. The number of aromatic hydroxyl groups is 1. The molecule has 0 spiro atoms. The summed E-state index contributed by atoms with van der Waals surface area (Å²) in [4.78, 5) is 20.3. The van der Waals surface area contributed by atoms with Gasteiger partial charge in [0.25, 0.3) is 5.91 Å². The molecule has 3 N–H and O–H groups in total. The molecule has 0 aliphatic heterocycles. The lowest BCUT2D eigenvalue weighted by atomic mass is 10.1. The van der Waals surface area contributed by atoms with Crippen molar-refractivity contribution in [1.29, 1.82) is 0 Å². The molecule has 0 radical (unpaired) electrons. The highest BCUT2D eigenvalue weighted by molar-refractivity contribution is 7.80. The van der Waals surface area contributed by atoms with E-state index in [2.05, 4.69) is 27.9 Å². The number of carbonyl (C=O) groups excluding carboxylic acids is 1. The number of fused-ring (bicyclic) bond motifs is 1. The number of thiol groups is 1. The zero-order valence-corrected chi connectivity index (χ0v) is 16.5. The van der Waals surface area contributed by atoms with Crippen LogP contribution in [0.5, 0.6) is 11.5 Å². The van der Waals surface area contributed by atoms with Gasteiger partial charge in [-0.15, -0.1) is 0 Å². The number of methoxy groups -OCH3 is 1. The monoisotopic (exact) mass is 405 g/mol. The standard InChI is InChI=1S/C22H19N3O3S/c1-28-15-10-11-16-18(12-15)24-21(23-16)20(29)13-6-8-14(9-7-13)22(27)25-17-4-2-3-5-19(17)26/h2-12,20,26,29H,1H3,(H,23,24)(H,25,27). The maximum atomic E-state index is 12.4. The third-order valence-electron chi connectivity index (χ3n) is 4.61. The van der Waals surface area contributed by atoms with Gasteiger partial charge in [-0.05, 0) is 42.0 Å². The number of aromatic amines is 1. The number of para-hydroxylation sites is 2. The van der Waals surface area contributed by atoms with E-state index in [-0.39, 0.29) is 16.9 Å². The van der Waals surface area contributed by atoms with Crippen molar-refractivity contribution in [3.63, 3.8) is 0 Å². The second kappa shape index (κ2) is 7.89. The van der Waals surface area contributed by atoms with Crippen LogP contribution in [-0.2, 0) is 0 Å². The lowest BCUT2D eigenvalue weighted by Crippen LogP contribution is -2.12. The number of amides is 1. The summed E-state index contributed by atoms with van der Waals surface area (Å²) in [6.45, 7) is 0. The topological polar surface area (TPSA) is 87.2 Å². The molecule has 1 amide bonds. The number of carbonyl (C=O) groups is 1. The van der Waals surface area contributed by atoms with Crippen LogP contribution in [0.15, 0.2) is 66.7 Å². The summed E-state index contributed by atoms with van der Waals surface area (Å²) < 4.78 is 5.24. The predicted molar refractivity (Wildman–Crippen MR) is 116 cm³/mol. The molecule has 7 heteroatoms. The highest BCUT2D eigenvalue weighted by Crippen LogP contribution is 2.29. The van der Waals surface area contributed by atoms with Crippen LogP contribution < -0.4 is 10.1 Å². The van der Waals surface area contributed by atoms with Crippen LogP contribution in [0.25, 0.3) is 11.0 Å². The molecule has 4 aromatic rings. The van der Waals surface area contributed by atoms with Crippen molar-refractivity contribution in [1.82, 2.24) is 9.97 Å². The van der Waals surface area contributed by atoms with Crippen LogP contribution in [0.1, 0.15) is 27.0 Å². The fraction of sp³-hybridized carbons (Fsp3) is 0.0909. The number of ether oxygens (including phenoxy) is 1. The SMILES string of the molecule is COc1ccc2nc(C(S)c3ccc(C(=O)Nc4ccccc4O)cc3)[nH]c2c1. The Kier molecular flexibility index (Phi) is 5.14. The van der Waals surface area contributed by atoms with E-state index in [9.17, 15) is 9.90 Å². The van der Waals surface area contributed by atoms with Crippen molar-refractivity contribution in [2.45, 2.75) is 5.25 Å². The van der Waals surface area contributed by atoms with Gasteiger partial charge in [0.15, 0.2) is 0 Å². The Morgan fingerprint density at radius 1 is 1.14 bits per heavy atom. The fourth-order valence-electron chi connectivity index (χ4n) is 3.01. The van der Waals surface area contributed by atoms with E-state index >= 15 is 0 Å². The minimum Gasteiger partial charge on any atom is -0.506 e. The summed E-state index contributed by atoms with van der Waals surface area (Å²) >= 11 is 4.69. The molecular formula is C22H19N3O3S. The number of benzene rings is 3. The molecular weight excluding hydrogens is 386 g/mol. The molecule has 6 nitrogen and oxygen atoms in total. The summed E-state index contributed by atoms with van der Waals surface area (Å²) in [5, 5.41) is 12.2. The predicted octanol–water partition coefficient (Wildman–Crippen LogP) is 4.55. The minimum absolute atomic E-state index is 0.0226. The largest absolute Gasteiger partial charge is 0.506 e. The highest BCUT2D eigenvalue weighted by atomic mass is 32.1. The van der Waals surface area contributed by atoms with Crippen molar-refractivity contribution in [2.75, 3.05) is 12.4 Å². The van der Waals surface area contributed by atoms with Crippen LogP contribution in [0.4, 0.5) is 5.69 Å². The van der Waals surface area contributed by atoms with Crippen LogP contribution in [0, 0.1) is 0 Å². The normalized spacial score (nSPS) is 11.9. The molecule has 29 heavy (non-hydrogen) atoms. The summed E-state index contributed by atoms with van der Waals surface area (Å²) in [5.74, 6) is 1.19. The van der Waals surface area contributed by atoms with Crippen LogP contribution >= 0.6 is 12.6 Å². The van der Waals surface area contributed by atoms with Crippen molar-refractivity contribution in [3.05, 3.63) is 83.7 Å². The van der Waals surface area contributed by atoms with Gasteiger partial charge in [-0.2, -0.15) is 12.6 Å². The summed E-state index contributed by atoms with van der Waals surface area (Å²) in [6.07, 6.45) is 0. The maximum Gasteiger partial charge on any atom is 0.255 e. The number of anilines is 1. The van der Waals surface area contributed by atoms with E-state index in [1.54, 1.807) is 37.4 Å². The first kappa shape index (κ1) is 18.9. The summed E-state index contributed by atoms with van der Waals surface area (Å²) in [6, 6.07) is 19.4. The number of aromatic nitrogens is 2. The van der Waals surface area contributed by atoms with Crippen molar-refractivity contribution < 1.29 is 14.6 Å². The van der Waals surface area contributed by atoms with Gasteiger partial charge in [-0.1, -0.05) is 24.3 Å². The Hall–Kier alpha value is -3.45. The molecule has 0 aliphatic rings. The van der Waals surface area contributed by atoms with E-state index in [4.69, 9.17) is 4.74 Å².